The lowest BCUT2D eigenvalue weighted by atomic mass is 9.70. The van der Waals surface area contributed by atoms with E-state index in [4.69, 9.17) is 19.3 Å². The second kappa shape index (κ2) is 9.36. The zero-order valence-corrected chi connectivity index (χ0v) is 22.4. The largest absolute Gasteiger partial charge is 0.497 e. The van der Waals surface area contributed by atoms with Crippen LogP contribution in [0.2, 0.25) is 0 Å². The molecule has 4 aromatic rings. The van der Waals surface area contributed by atoms with Crippen molar-refractivity contribution in [2.75, 3.05) is 7.11 Å². The van der Waals surface area contributed by atoms with E-state index in [1.165, 1.54) is 0 Å². The van der Waals surface area contributed by atoms with Crippen molar-refractivity contribution in [1.29, 1.82) is 0 Å². The van der Waals surface area contributed by atoms with Crippen LogP contribution in [0.3, 0.4) is 0 Å². The maximum atomic E-state index is 13.5. The molecule has 0 N–H and O–H groups in total. The molecule has 1 aliphatic heterocycles. The predicted octanol–water partition coefficient (Wildman–Crippen LogP) is 5.30. The lowest BCUT2D eigenvalue weighted by Gasteiger charge is -2.37. The zero-order valence-electron chi connectivity index (χ0n) is 21.6. The number of carbonyl (C=O) groups is 1. The zero-order chi connectivity index (χ0) is 26.4. The monoisotopic (exact) mass is 529 g/mol. The Kier molecular flexibility index (Phi) is 5.98. The van der Waals surface area contributed by atoms with Crippen LogP contribution in [-0.2, 0) is 16.2 Å². The summed E-state index contributed by atoms with van der Waals surface area (Å²) < 4.78 is 13.3. The highest BCUT2D eigenvalue weighted by Crippen LogP contribution is 2.50. The summed E-state index contributed by atoms with van der Waals surface area (Å²) in [6.45, 7) is 6.15. The van der Waals surface area contributed by atoms with Crippen molar-refractivity contribution in [2.24, 2.45) is 10.6 Å². The number of carbonyl (C=O) groups excluding carboxylic acids is 1. The molecule has 194 valence electrons. The van der Waals surface area contributed by atoms with Crippen LogP contribution >= 0.6 is 11.3 Å². The van der Waals surface area contributed by atoms with Gasteiger partial charge in [-0.1, -0.05) is 37.2 Å². The standard InChI is InChI=1S/C28H27N5O4S/c1-16(21-6-5-11-38-21)32-36-14-22-30-26-25-23(17-7-9-18(35-4)10-8-17)24-19(34)12-28(2,3)13-20(24)37-27(25)29-15-33(26)31-22/h5-11,15,23H,12-14H2,1-4H3/b32-16-/t23-/m1/s1. The molecule has 0 saturated heterocycles. The first kappa shape index (κ1) is 24.3. The number of oxime groups is 1. The minimum absolute atomic E-state index is 0.0752. The number of aromatic nitrogens is 4. The first-order chi connectivity index (χ1) is 18.3. The van der Waals surface area contributed by atoms with Crippen LogP contribution in [0, 0.1) is 5.41 Å². The van der Waals surface area contributed by atoms with Crippen molar-refractivity contribution in [2.45, 2.75) is 46.1 Å². The number of nitrogens with zero attached hydrogens (tertiary/aromatic N) is 5. The van der Waals surface area contributed by atoms with Crippen LogP contribution < -0.4 is 9.47 Å². The van der Waals surface area contributed by atoms with Crippen molar-refractivity contribution < 1.29 is 19.1 Å². The average molecular weight is 530 g/mol. The Morgan fingerprint density at radius 2 is 2.05 bits per heavy atom. The van der Waals surface area contributed by atoms with Crippen molar-refractivity contribution >= 4 is 28.5 Å². The molecule has 1 aromatic carbocycles. The molecule has 3 aromatic heterocycles. The highest BCUT2D eigenvalue weighted by molar-refractivity contribution is 7.12. The summed E-state index contributed by atoms with van der Waals surface area (Å²) in [6.07, 6.45) is 2.68. The summed E-state index contributed by atoms with van der Waals surface area (Å²) in [5, 5.41) is 10.8. The normalized spacial score (nSPS) is 18.7. The highest BCUT2D eigenvalue weighted by atomic mass is 32.1. The summed E-state index contributed by atoms with van der Waals surface area (Å²) >= 11 is 1.60. The van der Waals surface area contributed by atoms with Crippen molar-refractivity contribution in [3.8, 4) is 11.6 Å². The number of methoxy groups -OCH3 is 1. The van der Waals surface area contributed by atoms with E-state index in [0.717, 1.165) is 21.9 Å². The third-order valence-electron chi connectivity index (χ3n) is 6.83. The molecule has 1 atom stereocenters. The molecule has 0 spiro atoms. The van der Waals surface area contributed by atoms with Gasteiger partial charge in [-0.2, -0.15) is 0 Å². The molecule has 0 bridgehead atoms. The molecule has 9 nitrogen and oxygen atoms in total. The van der Waals surface area contributed by atoms with E-state index >= 15 is 0 Å². The summed E-state index contributed by atoms with van der Waals surface area (Å²) in [7, 11) is 1.63. The summed E-state index contributed by atoms with van der Waals surface area (Å²) in [5.41, 5.74) is 3.47. The molecular weight excluding hydrogens is 502 g/mol. The quantitative estimate of drug-likeness (QED) is 0.247. The van der Waals surface area contributed by atoms with Crippen LogP contribution in [0.25, 0.3) is 5.65 Å². The Morgan fingerprint density at radius 3 is 2.79 bits per heavy atom. The SMILES string of the molecule is COc1ccc([C@@H]2C3=C(CC(C)(C)CC3=O)Oc3ncn4nc(CO/N=C(/C)c5cccs5)nc4c32)cc1. The number of hydrogen-bond donors (Lipinski definition) is 0. The molecule has 0 amide bonds. The number of allylic oxidation sites excluding steroid dienone is 2. The van der Waals surface area contributed by atoms with Crippen LogP contribution in [-0.4, -0.2) is 38.2 Å². The van der Waals surface area contributed by atoms with Gasteiger partial charge in [-0.3, -0.25) is 4.79 Å². The fourth-order valence-electron chi connectivity index (χ4n) is 5.10. The fraction of sp³-hybridized carbons (Fsp3) is 0.321. The van der Waals surface area contributed by atoms with E-state index in [1.807, 2.05) is 48.7 Å². The molecule has 6 rings (SSSR count). The van der Waals surface area contributed by atoms with E-state index in [2.05, 4.69) is 29.1 Å². The number of Topliss-reactive ketones (excluding diaryl/α,β-unsaturated/α-hetero) is 1. The average Bonchev–Trinajstić information content (AvgIpc) is 3.57. The molecular formula is C28H27N5O4S. The highest BCUT2D eigenvalue weighted by Gasteiger charge is 2.44. The van der Waals surface area contributed by atoms with E-state index in [-0.39, 0.29) is 17.8 Å². The fourth-order valence-corrected chi connectivity index (χ4v) is 5.77. The van der Waals surface area contributed by atoms with Crippen LogP contribution in [0.4, 0.5) is 0 Å². The molecule has 0 fully saturated rings. The molecule has 4 heterocycles. The summed E-state index contributed by atoms with van der Waals surface area (Å²) in [4.78, 5) is 29.5. The number of thiophene rings is 1. The molecule has 38 heavy (non-hydrogen) atoms. The molecule has 10 heteroatoms. The third kappa shape index (κ3) is 4.34. The van der Waals surface area contributed by atoms with Gasteiger partial charge >= 0.3 is 0 Å². The van der Waals surface area contributed by atoms with E-state index in [9.17, 15) is 4.79 Å². The number of benzene rings is 1. The topological polar surface area (TPSA) is 100 Å². The molecule has 0 radical (unpaired) electrons. The maximum Gasteiger partial charge on any atom is 0.228 e. The van der Waals surface area contributed by atoms with E-state index in [1.54, 1.807) is 29.3 Å². The van der Waals surface area contributed by atoms with Gasteiger partial charge in [0.1, 0.15) is 17.8 Å². The number of ether oxygens (including phenoxy) is 2. The first-order valence-corrected chi connectivity index (χ1v) is 13.2. The molecule has 2 aliphatic rings. The Morgan fingerprint density at radius 1 is 1.24 bits per heavy atom. The first-order valence-electron chi connectivity index (χ1n) is 12.4. The Hall–Kier alpha value is -4.05. The molecule has 0 saturated carbocycles. The second-order valence-corrected chi connectivity index (χ2v) is 11.2. The van der Waals surface area contributed by atoms with E-state index < -0.39 is 5.92 Å². The van der Waals surface area contributed by atoms with Crippen LogP contribution in [0.15, 0.2) is 64.6 Å². The maximum absolute atomic E-state index is 13.5. The van der Waals surface area contributed by atoms with Gasteiger partial charge in [0.2, 0.25) is 5.88 Å². The Labute approximate surface area is 223 Å². The van der Waals surface area contributed by atoms with Gasteiger partial charge in [-0.05, 0) is 41.5 Å². The Bertz CT molecular complexity index is 1590. The van der Waals surface area contributed by atoms with Gasteiger partial charge in [-0.25, -0.2) is 14.5 Å². The van der Waals surface area contributed by atoms with E-state index in [0.29, 0.717) is 47.1 Å². The lowest BCUT2D eigenvalue weighted by Crippen LogP contribution is -2.33. The number of rotatable bonds is 6. The minimum Gasteiger partial charge on any atom is -0.497 e. The smallest absolute Gasteiger partial charge is 0.228 e. The second-order valence-electron chi connectivity index (χ2n) is 10.3. The van der Waals surface area contributed by atoms with Crippen LogP contribution in [0.5, 0.6) is 11.6 Å². The van der Waals surface area contributed by atoms with Gasteiger partial charge in [-0.15, -0.1) is 16.4 Å². The summed E-state index contributed by atoms with van der Waals surface area (Å²) in [6, 6.07) is 11.7. The number of fused-ring (bicyclic) bond motifs is 3. The molecule has 0 unspecified atom stereocenters. The lowest BCUT2D eigenvalue weighted by molar-refractivity contribution is -0.118. The van der Waals surface area contributed by atoms with Gasteiger partial charge in [0.05, 0.1) is 23.3 Å². The van der Waals surface area contributed by atoms with Crippen molar-refractivity contribution in [3.05, 3.63) is 81.3 Å². The third-order valence-corrected chi connectivity index (χ3v) is 7.81. The minimum atomic E-state index is -0.392. The predicted molar refractivity (Wildman–Crippen MR) is 143 cm³/mol. The number of hydrogen-bond acceptors (Lipinski definition) is 9. The van der Waals surface area contributed by atoms with Crippen molar-refractivity contribution in [3.63, 3.8) is 0 Å². The van der Waals surface area contributed by atoms with Gasteiger partial charge in [0.15, 0.2) is 23.9 Å². The Balaban J connectivity index is 1.42. The van der Waals surface area contributed by atoms with Gasteiger partial charge in [0.25, 0.3) is 0 Å². The van der Waals surface area contributed by atoms with Crippen molar-refractivity contribution in [1.82, 2.24) is 19.6 Å². The number of ketones is 1. The van der Waals surface area contributed by atoms with Gasteiger partial charge in [0, 0.05) is 24.3 Å². The molecule has 1 aliphatic carbocycles. The van der Waals surface area contributed by atoms with Crippen LogP contribution in [0.1, 0.15) is 61.4 Å². The van der Waals surface area contributed by atoms with Gasteiger partial charge < -0.3 is 14.3 Å². The summed E-state index contributed by atoms with van der Waals surface area (Å²) in [5.74, 6) is 1.99.